The van der Waals surface area contributed by atoms with E-state index in [2.05, 4.69) is 5.10 Å². The van der Waals surface area contributed by atoms with E-state index in [0.29, 0.717) is 11.4 Å². The highest BCUT2D eigenvalue weighted by Gasteiger charge is 2.22. The third kappa shape index (κ3) is 2.25. The molecule has 0 aromatic carbocycles. The summed E-state index contributed by atoms with van der Waals surface area (Å²) in [5, 5.41) is 22.4. The topological polar surface area (TPSA) is 84.8 Å². The zero-order chi connectivity index (χ0) is 11.6. The molecule has 6 nitrogen and oxygen atoms in total. The second kappa shape index (κ2) is 4.28. The van der Waals surface area contributed by atoms with Crippen LogP contribution in [0.5, 0.6) is 0 Å². The number of nitro groups is 1. The van der Waals surface area contributed by atoms with Gasteiger partial charge in [-0.3, -0.25) is 14.8 Å². The SMILES string of the molecule is Cc1nn(CC(Cl)C#N)c(C)c1[N+](=O)[O-]. The van der Waals surface area contributed by atoms with Crippen LogP contribution in [0.3, 0.4) is 0 Å². The molecule has 1 unspecified atom stereocenters. The van der Waals surface area contributed by atoms with Gasteiger partial charge in [-0.2, -0.15) is 10.4 Å². The molecule has 1 atom stereocenters. The molecule has 1 rings (SSSR count). The first-order valence-corrected chi connectivity index (χ1v) is 4.63. The molecule has 0 bridgehead atoms. The Labute approximate surface area is 91.2 Å². The largest absolute Gasteiger partial charge is 0.312 e. The Hall–Kier alpha value is -1.61. The summed E-state index contributed by atoms with van der Waals surface area (Å²) in [4.78, 5) is 10.2. The molecule has 0 radical (unpaired) electrons. The predicted octanol–water partition coefficient (Wildman–Crippen LogP) is 1.54. The van der Waals surface area contributed by atoms with Crippen LogP contribution >= 0.6 is 11.6 Å². The summed E-state index contributed by atoms with van der Waals surface area (Å²) in [6.45, 7) is 3.29. The average Bonchev–Trinajstić information content (AvgIpc) is 2.41. The summed E-state index contributed by atoms with van der Waals surface area (Å²) in [7, 11) is 0. The quantitative estimate of drug-likeness (QED) is 0.446. The van der Waals surface area contributed by atoms with Crippen LogP contribution in [0.15, 0.2) is 0 Å². The van der Waals surface area contributed by atoms with Gasteiger partial charge in [-0.15, -0.1) is 11.6 Å². The lowest BCUT2D eigenvalue weighted by Gasteiger charge is -2.02. The maximum atomic E-state index is 10.7. The second-order valence-corrected chi connectivity index (χ2v) is 3.58. The summed E-state index contributed by atoms with van der Waals surface area (Å²) >= 11 is 5.62. The van der Waals surface area contributed by atoms with Crippen LogP contribution in [0, 0.1) is 35.3 Å². The van der Waals surface area contributed by atoms with Gasteiger partial charge in [0.05, 0.1) is 17.5 Å². The van der Waals surface area contributed by atoms with Gasteiger partial charge in [-0.05, 0) is 13.8 Å². The van der Waals surface area contributed by atoms with Gasteiger partial charge in [0, 0.05) is 0 Å². The number of hydrogen-bond acceptors (Lipinski definition) is 4. The number of aryl methyl sites for hydroxylation is 1. The van der Waals surface area contributed by atoms with Crippen molar-refractivity contribution in [2.24, 2.45) is 0 Å². The lowest BCUT2D eigenvalue weighted by Crippen LogP contribution is -2.11. The predicted molar refractivity (Wildman–Crippen MR) is 53.6 cm³/mol. The van der Waals surface area contributed by atoms with E-state index >= 15 is 0 Å². The van der Waals surface area contributed by atoms with E-state index in [9.17, 15) is 10.1 Å². The van der Waals surface area contributed by atoms with Gasteiger partial charge in [0.2, 0.25) is 0 Å². The molecule has 0 aliphatic carbocycles. The van der Waals surface area contributed by atoms with Crippen molar-refractivity contribution in [3.05, 3.63) is 21.5 Å². The third-order valence-corrected chi connectivity index (χ3v) is 2.23. The van der Waals surface area contributed by atoms with Crippen LogP contribution in [-0.4, -0.2) is 20.1 Å². The number of hydrogen-bond donors (Lipinski definition) is 0. The van der Waals surface area contributed by atoms with Crippen molar-refractivity contribution in [2.45, 2.75) is 25.8 Å². The minimum atomic E-state index is -0.734. The fourth-order valence-electron chi connectivity index (χ4n) is 1.32. The average molecular weight is 229 g/mol. The lowest BCUT2D eigenvalue weighted by molar-refractivity contribution is -0.386. The number of nitriles is 1. The maximum Gasteiger partial charge on any atom is 0.312 e. The van der Waals surface area contributed by atoms with E-state index in [1.54, 1.807) is 13.8 Å². The minimum Gasteiger partial charge on any atom is -0.260 e. The first kappa shape index (κ1) is 11.5. The van der Waals surface area contributed by atoms with Gasteiger partial charge >= 0.3 is 5.69 Å². The fraction of sp³-hybridized carbons (Fsp3) is 0.500. The van der Waals surface area contributed by atoms with Crippen LogP contribution in [0.4, 0.5) is 5.69 Å². The van der Waals surface area contributed by atoms with Gasteiger partial charge < -0.3 is 0 Å². The van der Waals surface area contributed by atoms with Crippen molar-refractivity contribution in [1.82, 2.24) is 9.78 Å². The Morgan fingerprint density at radius 1 is 1.73 bits per heavy atom. The molecule has 0 saturated heterocycles. The van der Waals surface area contributed by atoms with Gasteiger partial charge in [-0.1, -0.05) is 0 Å². The van der Waals surface area contributed by atoms with E-state index in [0.717, 1.165) is 0 Å². The van der Waals surface area contributed by atoms with E-state index < -0.39 is 10.3 Å². The van der Waals surface area contributed by atoms with Crippen molar-refractivity contribution >= 4 is 17.3 Å². The van der Waals surface area contributed by atoms with Crippen LogP contribution in [0.25, 0.3) is 0 Å². The smallest absolute Gasteiger partial charge is 0.260 e. The molecule has 7 heteroatoms. The Morgan fingerprint density at radius 3 is 2.73 bits per heavy atom. The normalized spacial score (nSPS) is 12.1. The number of alkyl halides is 1. The van der Waals surface area contributed by atoms with Crippen LogP contribution in [0.1, 0.15) is 11.4 Å². The Morgan fingerprint density at radius 2 is 2.33 bits per heavy atom. The first-order valence-electron chi connectivity index (χ1n) is 4.19. The van der Waals surface area contributed by atoms with Gasteiger partial charge in [0.15, 0.2) is 0 Å². The number of halogens is 1. The van der Waals surface area contributed by atoms with Crippen LogP contribution < -0.4 is 0 Å². The zero-order valence-corrected chi connectivity index (χ0v) is 9.02. The molecule has 80 valence electrons. The fourth-order valence-corrected chi connectivity index (χ4v) is 1.45. The third-order valence-electron chi connectivity index (χ3n) is 2.00. The molecule has 0 fully saturated rings. The van der Waals surface area contributed by atoms with Crippen molar-refractivity contribution in [3.63, 3.8) is 0 Å². The van der Waals surface area contributed by atoms with Gasteiger partial charge in [0.1, 0.15) is 16.8 Å². The molecule has 1 heterocycles. The van der Waals surface area contributed by atoms with Crippen molar-refractivity contribution in [1.29, 1.82) is 5.26 Å². The van der Waals surface area contributed by atoms with Crippen molar-refractivity contribution in [2.75, 3.05) is 0 Å². The first-order chi connectivity index (χ1) is 6.97. The Balaban J connectivity index is 3.08. The summed E-state index contributed by atoms with van der Waals surface area (Å²) in [6.07, 6.45) is 0. The monoisotopic (exact) mass is 228 g/mol. The molecule has 1 aromatic heterocycles. The summed E-state index contributed by atoms with van der Waals surface area (Å²) in [5.74, 6) is 0. The Bertz CT molecular complexity index is 435. The maximum absolute atomic E-state index is 10.7. The van der Waals surface area contributed by atoms with Crippen LogP contribution in [0.2, 0.25) is 0 Å². The van der Waals surface area contributed by atoms with Crippen LogP contribution in [-0.2, 0) is 6.54 Å². The highest BCUT2D eigenvalue weighted by molar-refractivity contribution is 6.22. The highest BCUT2D eigenvalue weighted by Crippen LogP contribution is 2.22. The van der Waals surface area contributed by atoms with E-state index in [1.165, 1.54) is 4.68 Å². The molecule has 0 N–H and O–H groups in total. The summed E-state index contributed by atoms with van der Waals surface area (Å²) in [6, 6.07) is 1.83. The van der Waals surface area contributed by atoms with E-state index in [4.69, 9.17) is 16.9 Å². The minimum absolute atomic E-state index is 0.0168. The second-order valence-electron chi connectivity index (χ2n) is 3.06. The number of nitrogens with zero attached hydrogens (tertiary/aromatic N) is 4. The standard InChI is InChI=1S/C8H9ClN4O2/c1-5-8(13(14)15)6(2)12(11-5)4-7(9)3-10/h7H,4H2,1-2H3. The molecule has 0 saturated carbocycles. The summed E-state index contributed by atoms with van der Waals surface area (Å²) < 4.78 is 1.38. The van der Waals surface area contributed by atoms with E-state index in [-0.39, 0.29) is 12.2 Å². The summed E-state index contributed by atoms with van der Waals surface area (Å²) in [5.41, 5.74) is 0.731. The molecule has 1 aromatic rings. The molecule has 0 amide bonds. The van der Waals surface area contributed by atoms with Crippen molar-refractivity contribution < 1.29 is 4.92 Å². The van der Waals surface area contributed by atoms with Gasteiger partial charge in [-0.25, -0.2) is 0 Å². The Kier molecular flexibility index (Phi) is 3.27. The molecular weight excluding hydrogens is 220 g/mol. The van der Waals surface area contributed by atoms with Crippen molar-refractivity contribution in [3.8, 4) is 6.07 Å². The zero-order valence-electron chi connectivity index (χ0n) is 8.27. The number of rotatable bonds is 3. The highest BCUT2D eigenvalue weighted by atomic mass is 35.5. The van der Waals surface area contributed by atoms with E-state index in [1.807, 2.05) is 6.07 Å². The number of aromatic nitrogens is 2. The molecule has 0 aliphatic rings. The molecule has 0 aliphatic heterocycles. The lowest BCUT2D eigenvalue weighted by atomic mass is 10.3. The van der Waals surface area contributed by atoms with Gasteiger partial charge in [0.25, 0.3) is 0 Å². The molecule has 0 spiro atoms. The molecule has 15 heavy (non-hydrogen) atoms. The molecular formula is C8H9ClN4O2.